The van der Waals surface area contributed by atoms with Gasteiger partial charge in [0.15, 0.2) is 0 Å². The Hall–Kier alpha value is -1.36. The van der Waals surface area contributed by atoms with Crippen molar-refractivity contribution in [1.29, 1.82) is 0 Å². The van der Waals surface area contributed by atoms with Crippen LogP contribution in [0.5, 0.6) is 0 Å². The topological polar surface area (TPSA) is 66.6 Å². The molecule has 0 saturated carbocycles. The summed E-state index contributed by atoms with van der Waals surface area (Å²) < 4.78 is 5.07. The Morgan fingerprint density at radius 1 is 1.53 bits per heavy atom. The van der Waals surface area contributed by atoms with Crippen LogP contribution in [-0.4, -0.2) is 41.3 Å². The number of carbonyl (C=O) groups excluding carboxylic acids is 1. The van der Waals surface area contributed by atoms with Crippen molar-refractivity contribution in [3.05, 3.63) is 17.0 Å². The number of nitrogens with zero attached hydrogens (tertiary/aromatic N) is 2. The molecule has 0 aromatic carbocycles. The molecule has 0 radical (unpaired) electrons. The summed E-state index contributed by atoms with van der Waals surface area (Å²) in [6.45, 7) is 5.96. The second kappa shape index (κ2) is 5.82. The normalized spacial score (nSPS) is 12.5. The zero-order valence-electron chi connectivity index (χ0n) is 10.9. The van der Waals surface area contributed by atoms with Gasteiger partial charge in [0.1, 0.15) is 5.76 Å². The van der Waals surface area contributed by atoms with Crippen molar-refractivity contribution < 1.29 is 14.4 Å². The van der Waals surface area contributed by atoms with E-state index in [-0.39, 0.29) is 18.4 Å². The number of likely N-dealkylation sites (N-methyl/N-ethyl adjacent to an activating group) is 1. The number of aromatic nitrogens is 1. The van der Waals surface area contributed by atoms with E-state index in [1.54, 1.807) is 11.9 Å². The van der Waals surface area contributed by atoms with E-state index in [1.165, 1.54) is 0 Å². The Bertz CT molecular complexity index is 368. The first kappa shape index (κ1) is 13.7. The Morgan fingerprint density at radius 3 is 2.65 bits per heavy atom. The summed E-state index contributed by atoms with van der Waals surface area (Å²) in [7, 11) is 1.70. The number of aliphatic hydroxyl groups is 1. The minimum Gasteiger partial charge on any atom is -0.395 e. The maximum Gasteiger partial charge on any atom is 0.225 e. The highest BCUT2D eigenvalue weighted by molar-refractivity contribution is 5.78. The molecule has 0 fully saturated rings. The second-order valence-corrected chi connectivity index (χ2v) is 4.39. The van der Waals surface area contributed by atoms with Gasteiger partial charge in [-0.1, -0.05) is 12.1 Å². The molecule has 1 heterocycles. The minimum absolute atomic E-state index is 0.0136. The van der Waals surface area contributed by atoms with E-state index in [2.05, 4.69) is 5.16 Å². The SMILES string of the molecule is Cc1noc(C)c1CC(C)C(=O)N(C)CCO. The molecule has 1 aromatic heterocycles. The van der Waals surface area contributed by atoms with Crippen molar-refractivity contribution in [3.63, 3.8) is 0 Å². The van der Waals surface area contributed by atoms with Gasteiger partial charge in [-0.05, 0) is 20.3 Å². The first-order valence-corrected chi connectivity index (χ1v) is 5.75. The lowest BCUT2D eigenvalue weighted by molar-refractivity contribution is -0.134. The Labute approximate surface area is 101 Å². The molecule has 0 bridgehead atoms. The highest BCUT2D eigenvalue weighted by Gasteiger charge is 2.20. The van der Waals surface area contributed by atoms with Gasteiger partial charge in [0.25, 0.3) is 0 Å². The lowest BCUT2D eigenvalue weighted by atomic mass is 9.99. The molecule has 0 aliphatic rings. The van der Waals surface area contributed by atoms with Gasteiger partial charge in [-0.15, -0.1) is 0 Å². The van der Waals surface area contributed by atoms with Crippen LogP contribution in [0.4, 0.5) is 0 Å². The predicted molar refractivity (Wildman–Crippen MR) is 63.6 cm³/mol. The third-order valence-corrected chi connectivity index (χ3v) is 2.92. The molecule has 1 amide bonds. The molecule has 0 saturated heterocycles. The lowest BCUT2D eigenvalue weighted by Gasteiger charge is -2.20. The van der Waals surface area contributed by atoms with Gasteiger partial charge in [-0.25, -0.2) is 0 Å². The number of carbonyl (C=O) groups is 1. The first-order valence-electron chi connectivity index (χ1n) is 5.75. The summed E-state index contributed by atoms with van der Waals surface area (Å²) in [5.41, 5.74) is 1.84. The van der Waals surface area contributed by atoms with Gasteiger partial charge < -0.3 is 14.5 Å². The van der Waals surface area contributed by atoms with E-state index in [0.717, 1.165) is 17.0 Å². The fourth-order valence-corrected chi connectivity index (χ4v) is 1.82. The Balaban J connectivity index is 2.66. The van der Waals surface area contributed by atoms with Crippen LogP contribution >= 0.6 is 0 Å². The van der Waals surface area contributed by atoms with Crippen LogP contribution in [0.15, 0.2) is 4.52 Å². The molecule has 1 unspecified atom stereocenters. The molecule has 0 spiro atoms. The van der Waals surface area contributed by atoms with Crippen LogP contribution in [-0.2, 0) is 11.2 Å². The van der Waals surface area contributed by atoms with E-state index in [4.69, 9.17) is 9.63 Å². The molecule has 5 nitrogen and oxygen atoms in total. The maximum absolute atomic E-state index is 11.9. The highest BCUT2D eigenvalue weighted by atomic mass is 16.5. The average molecular weight is 240 g/mol. The monoisotopic (exact) mass is 240 g/mol. The predicted octanol–water partition coefficient (Wildman–Crippen LogP) is 0.921. The molecule has 1 N–H and O–H groups in total. The molecule has 1 aromatic rings. The Kier molecular flexibility index (Phi) is 4.69. The fraction of sp³-hybridized carbons (Fsp3) is 0.667. The van der Waals surface area contributed by atoms with E-state index in [9.17, 15) is 4.79 Å². The third kappa shape index (κ3) is 3.30. The van der Waals surface area contributed by atoms with Crippen LogP contribution in [0.2, 0.25) is 0 Å². The van der Waals surface area contributed by atoms with Crippen LogP contribution in [0, 0.1) is 19.8 Å². The summed E-state index contributed by atoms with van der Waals surface area (Å²) in [4.78, 5) is 13.5. The lowest BCUT2D eigenvalue weighted by Crippen LogP contribution is -2.34. The molecule has 17 heavy (non-hydrogen) atoms. The van der Waals surface area contributed by atoms with Crippen molar-refractivity contribution in [2.45, 2.75) is 27.2 Å². The van der Waals surface area contributed by atoms with Crippen molar-refractivity contribution >= 4 is 5.91 Å². The highest BCUT2D eigenvalue weighted by Crippen LogP contribution is 2.18. The van der Waals surface area contributed by atoms with Crippen LogP contribution in [0.1, 0.15) is 23.9 Å². The Morgan fingerprint density at radius 2 is 2.18 bits per heavy atom. The molecular formula is C12H20N2O3. The van der Waals surface area contributed by atoms with Crippen molar-refractivity contribution in [2.75, 3.05) is 20.2 Å². The van der Waals surface area contributed by atoms with Gasteiger partial charge in [0, 0.05) is 25.1 Å². The molecule has 96 valence electrons. The van der Waals surface area contributed by atoms with Gasteiger partial charge in [-0.3, -0.25) is 4.79 Å². The van der Waals surface area contributed by atoms with Crippen LogP contribution < -0.4 is 0 Å². The summed E-state index contributed by atoms with van der Waals surface area (Å²) >= 11 is 0. The number of aryl methyl sites for hydroxylation is 2. The summed E-state index contributed by atoms with van der Waals surface area (Å²) in [6, 6.07) is 0. The maximum atomic E-state index is 11.9. The first-order chi connectivity index (χ1) is 7.97. The zero-order chi connectivity index (χ0) is 13.0. The standard InChI is InChI=1S/C12H20N2O3/c1-8(12(16)14(4)5-6-15)7-11-9(2)13-17-10(11)3/h8,15H,5-7H2,1-4H3. The summed E-state index contributed by atoms with van der Waals surface area (Å²) in [5.74, 6) is 0.661. The molecule has 1 atom stereocenters. The number of aliphatic hydroxyl groups excluding tert-OH is 1. The number of rotatable bonds is 5. The molecule has 1 rings (SSSR count). The van der Waals surface area contributed by atoms with Crippen molar-refractivity contribution in [3.8, 4) is 0 Å². The molecule has 5 heteroatoms. The van der Waals surface area contributed by atoms with E-state index < -0.39 is 0 Å². The van der Waals surface area contributed by atoms with Crippen molar-refractivity contribution in [1.82, 2.24) is 10.1 Å². The average Bonchev–Trinajstić information content (AvgIpc) is 2.60. The summed E-state index contributed by atoms with van der Waals surface area (Å²) in [5, 5.41) is 12.7. The number of hydrogen-bond donors (Lipinski definition) is 1. The second-order valence-electron chi connectivity index (χ2n) is 4.39. The van der Waals surface area contributed by atoms with E-state index in [0.29, 0.717) is 13.0 Å². The largest absolute Gasteiger partial charge is 0.395 e. The molecule has 0 aliphatic carbocycles. The van der Waals surface area contributed by atoms with Crippen LogP contribution in [0.25, 0.3) is 0 Å². The van der Waals surface area contributed by atoms with Crippen LogP contribution in [0.3, 0.4) is 0 Å². The zero-order valence-corrected chi connectivity index (χ0v) is 10.9. The number of amides is 1. The third-order valence-electron chi connectivity index (χ3n) is 2.92. The van der Waals surface area contributed by atoms with Crippen molar-refractivity contribution in [2.24, 2.45) is 5.92 Å². The van der Waals surface area contributed by atoms with Gasteiger partial charge >= 0.3 is 0 Å². The minimum atomic E-state index is -0.136. The fourth-order valence-electron chi connectivity index (χ4n) is 1.82. The van der Waals surface area contributed by atoms with Gasteiger partial charge in [0.05, 0.1) is 12.3 Å². The van der Waals surface area contributed by atoms with E-state index in [1.807, 2.05) is 20.8 Å². The van der Waals surface area contributed by atoms with Gasteiger partial charge in [0.2, 0.25) is 5.91 Å². The molecular weight excluding hydrogens is 220 g/mol. The molecule has 0 aliphatic heterocycles. The number of hydrogen-bond acceptors (Lipinski definition) is 4. The van der Waals surface area contributed by atoms with Gasteiger partial charge in [-0.2, -0.15) is 0 Å². The quantitative estimate of drug-likeness (QED) is 0.831. The summed E-state index contributed by atoms with van der Waals surface area (Å²) in [6.07, 6.45) is 0.621. The smallest absolute Gasteiger partial charge is 0.225 e. The van der Waals surface area contributed by atoms with E-state index >= 15 is 0 Å².